The summed E-state index contributed by atoms with van der Waals surface area (Å²) < 4.78 is 0. The molecule has 70 valence electrons. The van der Waals surface area contributed by atoms with Gasteiger partial charge in [0, 0.05) is 0 Å². The van der Waals surface area contributed by atoms with E-state index in [4.69, 9.17) is 0 Å². The van der Waals surface area contributed by atoms with Gasteiger partial charge in [0.2, 0.25) is 0 Å². The molecule has 2 rings (SSSR count). The Balaban J connectivity index is 0.00000112. The van der Waals surface area contributed by atoms with Crippen LogP contribution < -0.4 is 29.6 Å². The topological polar surface area (TPSA) is 0 Å². The van der Waals surface area contributed by atoms with Crippen molar-refractivity contribution >= 4 is 12.2 Å². The average Bonchev–Trinajstić information content (AvgIpc) is 2.29. The standard InChI is InChI=1S/C14H12.Na.H/c1-3-7-13(8-4-1)11-12-14-9-5-2-6-10-14;;/h1-12H;;/q;+1;-1. The van der Waals surface area contributed by atoms with Crippen LogP contribution in [0.15, 0.2) is 60.7 Å². The molecule has 2 aromatic rings. The Labute approximate surface area is 114 Å². The molecule has 1 heteroatoms. The van der Waals surface area contributed by atoms with Crippen LogP contribution in [0.2, 0.25) is 0 Å². The van der Waals surface area contributed by atoms with E-state index in [0.29, 0.717) is 0 Å². The van der Waals surface area contributed by atoms with E-state index in [1.165, 1.54) is 11.1 Å². The van der Waals surface area contributed by atoms with Crippen LogP contribution in [0.4, 0.5) is 0 Å². The Morgan fingerprint density at radius 1 is 0.600 bits per heavy atom. The Bertz CT molecular complexity index is 368. The monoisotopic (exact) mass is 204 g/mol. The summed E-state index contributed by atoms with van der Waals surface area (Å²) in [4.78, 5) is 0. The molecule has 0 nitrogen and oxygen atoms in total. The van der Waals surface area contributed by atoms with Crippen molar-refractivity contribution in [2.45, 2.75) is 0 Å². The van der Waals surface area contributed by atoms with Crippen LogP contribution >= 0.6 is 0 Å². The van der Waals surface area contributed by atoms with E-state index in [0.717, 1.165) is 0 Å². The van der Waals surface area contributed by atoms with Crippen LogP contribution in [0.25, 0.3) is 12.2 Å². The molecule has 0 bridgehead atoms. The third kappa shape index (κ3) is 4.05. The maximum Gasteiger partial charge on any atom is 1.00 e. The predicted molar refractivity (Wildman–Crippen MR) is 62.9 cm³/mol. The minimum absolute atomic E-state index is 0. The Morgan fingerprint density at radius 3 is 1.27 bits per heavy atom. The maximum atomic E-state index is 2.12. The van der Waals surface area contributed by atoms with Crippen molar-refractivity contribution in [1.29, 1.82) is 0 Å². The van der Waals surface area contributed by atoms with E-state index in [9.17, 15) is 0 Å². The van der Waals surface area contributed by atoms with Crippen molar-refractivity contribution in [3.8, 4) is 0 Å². The van der Waals surface area contributed by atoms with Crippen LogP contribution in [0, 0.1) is 0 Å². The normalized spacial score (nSPS) is 9.87. The number of hydrogen-bond donors (Lipinski definition) is 0. The first kappa shape index (κ1) is 12.3. The van der Waals surface area contributed by atoms with E-state index in [1.807, 2.05) is 36.4 Å². The molecule has 0 fully saturated rings. The van der Waals surface area contributed by atoms with Crippen LogP contribution in [0.5, 0.6) is 0 Å². The molecule has 0 atom stereocenters. The second-order valence-corrected chi connectivity index (χ2v) is 3.15. The first-order valence-corrected chi connectivity index (χ1v) is 4.73. The largest absolute Gasteiger partial charge is 1.00 e. The summed E-state index contributed by atoms with van der Waals surface area (Å²) in [5.41, 5.74) is 2.47. The van der Waals surface area contributed by atoms with Crippen molar-refractivity contribution in [2.24, 2.45) is 0 Å². The first-order chi connectivity index (χ1) is 6.95. The molecule has 0 aliphatic carbocycles. The van der Waals surface area contributed by atoms with Gasteiger partial charge >= 0.3 is 29.6 Å². The summed E-state index contributed by atoms with van der Waals surface area (Å²) in [6.07, 6.45) is 4.24. The van der Waals surface area contributed by atoms with E-state index < -0.39 is 0 Å². The van der Waals surface area contributed by atoms with Crippen molar-refractivity contribution in [2.75, 3.05) is 0 Å². The van der Waals surface area contributed by atoms with E-state index >= 15 is 0 Å². The molecule has 2 aromatic carbocycles. The summed E-state index contributed by atoms with van der Waals surface area (Å²) in [6, 6.07) is 20.6. The van der Waals surface area contributed by atoms with Gasteiger partial charge in [0.1, 0.15) is 0 Å². The molecule has 0 saturated heterocycles. The number of hydrogen-bond acceptors (Lipinski definition) is 0. The summed E-state index contributed by atoms with van der Waals surface area (Å²) in [5.74, 6) is 0. The minimum atomic E-state index is 0. The molecule has 0 heterocycles. The van der Waals surface area contributed by atoms with Gasteiger partial charge in [-0.25, -0.2) is 0 Å². The zero-order chi connectivity index (χ0) is 9.64. The fraction of sp³-hybridized carbons (Fsp3) is 0. The van der Waals surface area contributed by atoms with Gasteiger partial charge in [-0.2, -0.15) is 0 Å². The van der Waals surface area contributed by atoms with Crippen molar-refractivity contribution < 1.29 is 31.0 Å². The first-order valence-electron chi connectivity index (χ1n) is 4.73. The maximum absolute atomic E-state index is 2.12. The van der Waals surface area contributed by atoms with Crippen LogP contribution in [0.3, 0.4) is 0 Å². The number of benzene rings is 2. The molecule has 0 aliphatic heterocycles. The fourth-order valence-electron chi connectivity index (χ4n) is 1.32. The van der Waals surface area contributed by atoms with Crippen LogP contribution in [-0.4, -0.2) is 0 Å². The summed E-state index contributed by atoms with van der Waals surface area (Å²) in [7, 11) is 0. The Hall–Kier alpha value is -0.820. The predicted octanol–water partition coefficient (Wildman–Crippen LogP) is 0.974. The number of rotatable bonds is 2. The zero-order valence-electron chi connectivity index (χ0n) is 9.93. The molecule has 0 saturated carbocycles. The van der Waals surface area contributed by atoms with Gasteiger partial charge in [-0.05, 0) is 11.1 Å². The van der Waals surface area contributed by atoms with Crippen molar-refractivity contribution in [3.63, 3.8) is 0 Å². The molecule has 0 aliphatic rings. The van der Waals surface area contributed by atoms with E-state index in [-0.39, 0.29) is 31.0 Å². The van der Waals surface area contributed by atoms with Gasteiger partial charge in [-0.3, -0.25) is 0 Å². The van der Waals surface area contributed by atoms with Gasteiger partial charge < -0.3 is 1.43 Å². The van der Waals surface area contributed by atoms with Gasteiger partial charge in [-0.15, -0.1) is 0 Å². The SMILES string of the molecule is C(=Cc1ccccc1)c1ccccc1.[H-].[Na+]. The third-order valence-corrected chi connectivity index (χ3v) is 2.07. The van der Waals surface area contributed by atoms with Gasteiger partial charge in [-0.1, -0.05) is 72.8 Å². The molecule has 0 amide bonds. The van der Waals surface area contributed by atoms with Gasteiger partial charge in [0.25, 0.3) is 0 Å². The van der Waals surface area contributed by atoms with E-state index in [1.54, 1.807) is 0 Å². The van der Waals surface area contributed by atoms with Crippen molar-refractivity contribution in [3.05, 3.63) is 71.8 Å². The second-order valence-electron chi connectivity index (χ2n) is 3.15. The quantitative estimate of drug-likeness (QED) is 0.505. The molecule has 0 spiro atoms. The molecule has 0 N–H and O–H groups in total. The molecule has 15 heavy (non-hydrogen) atoms. The molecule has 0 aromatic heterocycles. The van der Waals surface area contributed by atoms with Crippen molar-refractivity contribution in [1.82, 2.24) is 0 Å². The molecular weight excluding hydrogens is 191 g/mol. The van der Waals surface area contributed by atoms with Gasteiger partial charge in [0.05, 0.1) is 0 Å². The zero-order valence-corrected chi connectivity index (χ0v) is 10.9. The van der Waals surface area contributed by atoms with Crippen LogP contribution in [0.1, 0.15) is 12.6 Å². The minimum Gasteiger partial charge on any atom is -1.00 e. The average molecular weight is 204 g/mol. The molecule has 0 radical (unpaired) electrons. The molecular formula is C14H13Na. The second kappa shape index (κ2) is 6.62. The summed E-state index contributed by atoms with van der Waals surface area (Å²) >= 11 is 0. The molecule has 0 unspecified atom stereocenters. The third-order valence-electron chi connectivity index (χ3n) is 2.07. The van der Waals surface area contributed by atoms with Crippen LogP contribution in [-0.2, 0) is 0 Å². The smallest absolute Gasteiger partial charge is 1.00 e. The summed E-state index contributed by atoms with van der Waals surface area (Å²) in [6.45, 7) is 0. The Morgan fingerprint density at radius 2 is 0.933 bits per heavy atom. The summed E-state index contributed by atoms with van der Waals surface area (Å²) in [5, 5.41) is 0. The fourth-order valence-corrected chi connectivity index (χ4v) is 1.32. The van der Waals surface area contributed by atoms with Gasteiger partial charge in [0.15, 0.2) is 0 Å². The van der Waals surface area contributed by atoms with E-state index in [2.05, 4.69) is 36.4 Å². The Kier molecular flexibility index (Phi) is 5.41.